The summed E-state index contributed by atoms with van der Waals surface area (Å²) in [5, 5.41) is 6.61. The molecule has 2 aliphatic carbocycles. The van der Waals surface area contributed by atoms with Gasteiger partial charge < -0.3 is 16.4 Å². The predicted molar refractivity (Wildman–Crippen MR) is 80.1 cm³/mol. The van der Waals surface area contributed by atoms with E-state index in [1.165, 1.54) is 32.1 Å². The lowest BCUT2D eigenvalue weighted by atomic mass is 9.65. The third-order valence-electron chi connectivity index (χ3n) is 5.75. The summed E-state index contributed by atoms with van der Waals surface area (Å²) in [6, 6.07) is 0.357. The van der Waals surface area contributed by atoms with E-state index in [9.17, 15) is 4.79 Å². The number of fused-ring (bicyclic) bond motifs is 2. The van der Waals surface area contributed by atoms with Gasteiger partial charge in [0.1, 0.15) is 0 Å². The second-order valence-corrected chi connectivity index (χ2v) is 7.15. The SMILES string of the molecule is NC1C2CCCC1CC(C(=O)NCC1CCCNC1)C2. The van der Waals surface area contributed by atoms with Crippen LogP contribution in [0.1, 0.15) is 44.9 Å². The van der Waals surface area contributed by atoms with E-state index in [0.29, 0.717) is 29.7 Å². The highest BCUT2D eigenvalue weighted by atomic mass is 16.1. The van der Waals surface area contributed by atoms with Crippen LogP contribution >= 0.6 is 0 Å². The molecule has 114 valence electrons. The summed E-state index contributed by atoms with van der Waals surface area (Å²) in [6.45, 7) is 3.04. The van der Waals surface area contributed by atoms with Gasteiger partial charge in [0.2, 0.25) is 5.91 Å². The minimum Gasteiger partial charge on any atom is -0.356 e. The van der Waals surface area contributed by atoms with Crippen LogP contribution in [0, 0.1) is 23.7 Å². The lowest BCUT2D eigenvalue weighted by Gasteiger charge is -2.43. The van der Waals surface area contributed by atoms with Gasteiger partial charge in [-0.25, -0.2) is 0 Å². The van der Waals surface area contributed by atoms with Crippen molar-refractivity contribution < 1.29 is 4.79 Å². The minimum atomic E-state index is 0.224. The molecule has 3 fully saturated rings. The highest BCUT2D eigenvalue weighted by Crippen LogP contribution is 2.41. The highest BCUT2D eigenvalue weighted by molar-refractivity contribution is 5.78. The molecule has 0 spiro atoms. The third kappa shape index (κ3) is 3.17. The van der Waals surface area contributed by atoms with E-state index in [2.05, 4.69) is 10.6 Å². The molecule has 0 aromatic heterocycles. The number of rotatable bonds is 3. The molecule has 20 heavy (non-hydrogen) atoms. The first-order chi connectivity index (χ1) is 9.74. The number of hydrogen-bond donors (Lipinski definition) is 3. The predicted octanol–water partition coefficient (Wildman–Crippen LogP) is 1.26. The van der Waals surface area contributed by atoms with Crippen molar-refractivity contribution in [2.45, 2.75) is 51.0 Å². The van der Waals surface area contributed by atoms with E-state index >= 15 is 0 Å². The van der Waals surface area contributed by atoms with Crippen molar-refractivity contribution in [1.29, 1.82) is 0 Å². The molecule has 4 heteroatoms. The Morgan fingerprint density at radius 1 is 1.15 bits per heavy atom. The average Bonchev–Trinajstić information content (AvgIpc) is 2.45. The van der Waals surface area contributed by atoms with E-state index in [0.717, 1.165) is 32.5 Å². The Morgan fingerprint density at radius 2 is 1.90 bits per heavy atom. The van der Waals surface area contributed by atoms with Crippen LogP contribution in [0.25, 0.3) is 0 Å². The molecular formula is C16H29N3O. The second kappa shape index (κ2) is 6.44. The van der Waals surface area contributed by atoms with Crippen LogP contribution in [0.2, 0.25) is 0 Å². The Bertz CT molecular complexity index is 327. The lowest BCUT2D eigenvalue weighted by Crippen LogP contribution is -2.49. The summed E-state index contributed by atoms with van der Waals surface area (Å²) < 4.78 is 0. The van der Waals surface area contributed by atoms with Gasteiger partial charge in [0.25, 0.3) is 0 Å². The number of carbonyl (C=O) groups is 1. The quantitative estimate of drug-likeness (QED) is 0.728. The van der Waals surface area contributed by atoms with E-state index in [1.807, 2.05) is 0 Å². The molecule has 3 rings (SSSR count). The standard InChI is InChI=1S/C16H29N3O/c17-15-12-4-1-5-13(15)8-14(7-12)16(20)19-10-11-3-2-6-18-9-11/h11-15,18H,1-10,17H2,(H,19,20). The zero-order chi connectivity index (χ0) is 13.9. The van der Waals surface area contributed by atoms with Crippen molar-refractivity contribution in [3.05, 3.63) is 0 Å². The van der Waals surface area contributed by atoms with Gasteiger partial charge in [0.05, 0.1) is 0 Å². The Kier molecular flexibility index (Phi) is 4.61. The maximum Gasteiger partial charge on any atom is 0.223 e. The molecule has 0 aromatic carbocycles. The zero-order valence-electron chi connectivity index (χ0n) is 12.4. The molecule has 2 saturated carbocycles. The second-order valence-electron chi connectivity index (χ2n) is 7.15. The number of nitrogens with one attached hydrogen (secondary N) is 2. The van der Waals surface area contributed by atoms with E-state index < -0.39 is 0 Å². The maximum absolute atomic E-state index is 12.4. The fourth-order valence-corrected chi connectivity index (χ4v) is 4.49. The summed E-state index contributed by atoms with van der Waals surface area (Å²) in [5.74, 6) is 2.32. The topological polar surface area (TPSA) is 67.2 Å². The fraction of sp³-hybridized carbons (Fsp3) is 0.938. The Hall–Kier alpha value is -0.610. The lowest BCUT2D eigenvalue weighted by molar-refractivity contribution is -0.128. The van der Waals surface area contributed by atoms with Crippen molar-refractivity contribution in [2.24, 2.45) is 29.4 Å². The van der Waals surface area contributed by atoms with Gasteiger partial charge in [-0.05, 0) is 69.4 Å². The number of piperidine rings is 1. The largest absolute Gasteiger partial charge is 0.356 e. The van der Waals surface area contributed by atoms with Crippen LogP contribution < -0.4 is 16.4 Å². The van der Waals surface area contributed by atoms with E-state index in [4.69, 9.17) is 5.73 Å². The van der Waals surface area contributed by atoms with Crippen LogP contribution in [0.15, 0.2) is 0 Å². The van der Waals surface area contributed by atoms with Gasteiger partial charge in [-0.3, -0.25) is 4.79 Å². The van der Waals surface area contributed by atoms with E-state index in [1.54, 1.807) is 0 Å². The number of nitrogens with two attached hydrogens (primary N) is 1. The molecule has 3 aliphatic rings. The fourth-order valence-electron chi connectivity index (χ4n) is 4.49. The smallest absolute Gasteiger partial charge is 0.223 e. The first-order valence-electron chi connectivity index (χ1n) is 8.48. The van der Waals surface area contributed by atoms with Gasteiger partial charge >= 0.3 is 0 Å². The number of hydrogen-bond acceptors (Lipinski definition) is 3. The van der Waals surface area contributed by atoms with Crippen molar-refractivity contribution in [1.82, 2.24) is 10.6 Å². The average molecular weight is 279 g/mol. The van der Waals surface area contributed by atoms with Crippen LogP contribution in [-0.4, -0.2) is 31.6 Å². The molecule has 0 aromatic rings. The minimum absolute atomic E-state index is 0.224. The summed E-state index contributed by atoms with van der Waals surface area (Å²) in [5.41, 5.74) is 6.30. The normalized spacial score (nSPS) is 41.1. The maximum atomic E-state index is 12.4. The molecule has 1 heterocycles. The highest BCUT2D eigenvalue weighted by Gasteiger charge is 2.40. The molecule has 3 unspecified atom stereocenters. The first kappa shape index (κ1) is 14.3. The van der Waals surface area contributed by atoms with Crippen molar-refractivity contribution >= 4 is 5.91 Å². The Labute approximate surface area is 122 Å². The Balaban J connectivity index is 1.47. The van der Waals surface area contributed by atoms with Gasteiger partial charge in [0, 0.05) is 18.5 Å². The van der Waals surface area contributed by atoms with Gasteiger partial charge in [-0.1, -0.05) is 6.42 Å². The molecule has 3 atom stereocenters. The molecule has 2 bridgehead atoms. The summed E-state index contributed by atoms with van der Waals surface area (Å²) in [4.78, 5) is 12.4. The van der Waals surface area contributed by atoms with Crippen molar-refractivity contribution in [2.75, 3.05) is 19.6 Å². The molecule has 4 nitrogen and oxygen atoms in total. The van der Waals surface area contributed by atoms with Gasteiger partial charge in [-0.15, -0.1) is 0 Å². The van der Waals surface area contributed by atoms with Gasteiger partial charge in [0.15, 0.2) is 0 Å². The van der Waals surface area contributed by atoms with Gasteiger partial charge in [-0.2, -0.15) is 0 Å². The molecule has 1 saturated heterocycles. The summed E-state index contributed by atoms with van der Waals surface area (Å²) in [7, 11) is 0. The van der Waals surface area contributed by atoms with Crippen LogP contribution in [0.5, 0.6) is 0 Å². The van der Waals surface area contributed by atoms with Crippen LogP contribution in [0.3, 0.4) is 0 Å². The molecular weight excluding hydrogens is 250 g/mol. The molecule has 1 amide bonds. The molecule has 0 radical (unpaired) electrons. The first-order valence-corrected chi connectivity index (χ1v) is 8.48. The van der Waals surface area contributed by atoms with Crippen LogP contribution in [-0.2, 0) is 4.79 Å². The Morgan fingerprint density at radius 3 is 2.55 bits per heavy atom. The number of amides is 1. The molecule has 1 aliphatic heterocycles. The van der Waals surface area contributed by atoms with Crippen LogP contribution in [0.4, 0.5) is 0 Å². The van der Waals surface area contributed by atoms with Crippen molar-refractivity contribution in [3.8, 4) is 0 Å². The third-order valence-corrected chi connectivity index (χ3v) is 5.75. The molecule has 4 N–H and O–H groups in total. The summed E-state index contributed by atoms with van der Waals surface area (Å²) >= 11 is 0. The summed E-state index contributed by atoms with van der Waals surface area (Å²) in [6.07, 6.45) is 8.29. The zero-order valence-corrected chi connectivity index (χ0v) is 12.4. The monoisotopic (exact) mass is 279 g/mol. The van der Waals surface area contributed by atoms with Crippen molar-refractivity contribution in [3.63, 3.8) is 0 Å². The number of carbonyl (C=O) groups excluding carboxylic acids is 1. The van der Waals surface area contributed by atoms with E-state index in [-0.39, 0.29) is 5.92 Å².